The number of nitrogens with two attached hydrogens (primary N) is 1. The minimum atomic E-state index is -1.32. The van der Waals surface area contributed by atoms with Crippen molar-refractivity contribution in [2.45, 2.75) is 31.3 Å². The lowest BCUT2D eigenvalue weighted by molar-refractivity contribution is 0.0695. The summed E-state index contributed by atoms with van der Waals surface area (Å²) in [5.41, 5.74) is 5.62. The van der Waals surface area contributed by atoms with Crippen LogP contribution < -0.4 is 20.8 Å². The molecule has 3 N–H and O–H groups in total. The number of carboxylic acid groups (broad SMARTS) is 1. The Kier molecular flexibility index (Phi) is 3.87. The van der Waals surface area contributed by atoms with E-state index in [1.807, 2.05) is 4.90 Å². The monoisotopic (exact) mass is 361 g/mol. The maximum atomic E-state index is 14.9. The van der Waals surface area contributed by atoms with Crippen LogP contribution >= 0.6 is 0 Å². The maximum Gasteiger partial charge on any atom is 0.341 e. The number of pyridine rings is 1. The summed E-state index contributed by atoms with van der Waals surface area (Å²) in [5, 5.41) is 9.37. The van der Waals surface area contributed by atoms with E-state index in [1.165, 1.54) is 13.3 Å². The molecule has 0 amide bonds. The molecule has 4 rings (SSSR count). The number of anilines is 1. The molecule has 26 heavy (non-hydrogen) atoms. The van der Waals surface area contributed by atoms with Crippen molar-refractivity contribution in [1.82, 2.24) is 4.57 Å². The third-order valence-corrected chi connectivity index (χ3v) is 5.11. The van der Waals surface area contributed by atoms with Crippen molar-refractivity contribution in [2.75, 3.05) is 25.1 Å². The van der Waals surface area contributed by atoms with Crippen molar-refractivity contribution in [3.8, 4) is 5.75 Å². The van der Waals surface area contributed by atoms with Crippen LogP contribution in [0.15, 0.2) is 17.1 Å². The highest BCUT2D eigenvalue weighted by Crippen LogP contribution is 2.44. The molecule has 1 saturated heterocycles. The third kappa shape index (κ3) is 2.52. The number of rotatable bonds is 4. The summed E-state index contributed by atoms with van der Waals surface area (Å²) in [4.78, 5) is 25.9. The highest BCUT2D eigenvalue weighted by atomic mass is 19.1. The molecule has 2 aliphatic rings. The first kappa shape index (κ1) is 16.8. The Bertz CT molecular complexity index is 967. The molecule has 1 aliphatic carbocycles. The fourth-order valence-corrected chi connectivity index (χ4v) is 3.71. The minimum absolute atomic E-state index is 0.0263. The second-order valence-corrected chi connectivity index (χ2v) is 6.95. The summed E-state index contributed by atoms with van der Waals surface area (Å²) in [5.74, 6) is -1.67. The van der Waals surface area contributed by atoms with Gasteiger partial charge in [-0.05, 0) is 25.3 Å². The van der Waals surface area contributed by atoms with Crippen LogP contribution in [0.5, 0.6) is 5.75 Å². The first-order chi connectivity index (χ1) is 12.4. The first-order valence-corrected chi connectivity index (χ1v) is 8.61. The number of carboxylic acids is 1. The Morgan fingerprint density at radius 3 is 2.65 bits per heavy atom. The number of methoxy groups -OCH3 is 1. The van der Waals surface area contributed by atoms with Crippen molar-refractivity contribution in [2.24, 2.45) is 5.73 Å². The van der Waals surface area contributed by atoms with Crippen LogP contribution in [-0.2, 0) is 0 Å². The Morgan fingerprint density at radius 1 is 1.38 bits per heavy atom. The molecular formula is C18H20FN3O4. The van der Waals surface area contributed by atoms with Gasteiger partial charge in [-0.25, -0.2) is 9.18 Å². The van der Waals surface area contributed by atoms with Gasteiger partial charge in [0.1, 0.15) is 11.3 Å². The van der Waals surface area contributed by atoms with E-state index < -0.39 is 17.2 Å². The number of aromatic carboxylic acids is 1. The van der Waals surface area contributed by atoms with E-state index in [4.69, 9.17) is 10.5 Å². The van der Waals surface area contributed by atoms with Crippen molar-refractivity contribution >= 4 is 22.6 Å². The van der Waals surface area contributed by atoms with E-state index in [0.717, 1.165) is 25.3 Å². The van der Waals surface area contributed by atoms with E-state index in [0.29, 0.717) is 18.6 Å². The van der Waals surface area contributed by atoms with Gasteiger partial charge in [0.25, 0.3) is 0 Å². The zero-order valence-electron chi connectivity index (χ0n) is 14.4. The summed E-state index contributed by atoms with van der Waals surface area (Å²) < 4.78 is 22.2. The summed E-state index contributed by atoms with van der Waals surface area (Å²) in [6.45, 7) is 1.10. The number of halogens is 1. The predicted molar refractivity (Wildman–Crippen MR) is 94.8 cm³/mol. The molecule has 2 fully saturated rings. The summed E-state index contributed by atoms with van der Waals surface area (Å²) in [6, 6.07) is 1.17. The zero-order valence-corrected chi connectivity index (χ0v) is 14.4. The lowest BCUT2D eigenvalue weighted by Crippen LogP contribution is -2.28. The molecule has 2 aromatic rings. The molecule has 0 radical (unpaired) electrons. The topological polar surface area (TPSA) is 97.8 Å². The van der Waals surface area contributed by atoms with E-state index in [2.05, 4.69) is 0 Å². The minimum Gasteiger partial charge on any atom is -0.492 e. The number of aromatic nitrogens is 1. The number of hydrogen-bond donors (Lipinski definition) is 2. The van der Waals surface area contributed by atoms with Crippen LogP contribution in [0.1, 0.15) is 35.7 Å². The number of ether oxygens (including phenoxy) is 1. The molecule has 0 unspecified atom stereocenters. The maximum absolute atomic E-state index is 14.9. The van der Waals surface area contributed by atoms with Crippen LogP contribution in [0.4, 0.5) is 10.1 Å². The van der Waals surface area contributed by atoms with Crippen LogP contribution in [0.2, 0.25) is 0 Å². The van der Waals surface area contributed by atoms with Crippen LogP contribution in [0.3, 0.4) is 0 Å². The van der Waals surface area contributed by atoms with E-state index in [9.17, 15) is 19.1 Å². The molecule has 1 aromatic heterocycles. The molecular weight excluding hydrogens is 341 g/mol. The van der Waals surface area contributed by atoms with Crippen LogP contribution in [0.25, 0.3) is 10.9 Å². The first-order valence-electron chi connectivity index (χ1n) is 8.61. The number of benzene rings is 1. The smallest absolute Gasteiger partial charge is 0.341 e. The SMILES string of the molecule is COc1c(N2CC[C@@H](N)C2)c(F)cc2c(=O)c(C(=O)O)cn(C3CC3)c12. The van der Waals surface area contributed by atoms with Crippen molar-refractivity contribution in [1.29, 1.82) is 0 Å². The average molecular weight is 361 g/mol. The Balaban J connectivity index is 2.06. The molecule has 0 spiro atoms. The lowest BCUT2D eigenvalue weighted by Gasteiger charge is -2.24. The summed E-state index contributed by atoms with van der Waals surface area (Å²) >= 11 is 0. The van der Waals surface area contributed by atoms with Crippen molar-refractivity contribution in [3.05, 3.63) is 33.9 Å². The number of hydrogen-bond acceptors (Lipinski definition) is 5. The van der Waals surface area contributed by atoms with Gasteiger partial charge in [-0.3, -0.25) is 4.79 Å². The third-order valence-electron chi connectivity index (χ3n) is 5.11. The van der Waals surface area contributed by atoms with Gasteiger partial charge in [0.2, 0.25) is 5.43 Å². The molecule has 7 nitrogen and oxygen atoms in total. The second kappa shape index (κ2) is 5.98. The van der Waals surface area contributed by atoms with Gasteiger partial charge in [0.15, 0.2) is 11.6 Å². The van der Waals surface area contributed by atoms with Crippen molar-refractivity contribution in [3.63, 3.8) is 0 Å². The molecule has 1 saturated carbocycles. The zero-order chi connectivity index (χ0) is 18.6. The highest BCUT2D eigenvalue weighted by molar-refractivity contribution is 5.97. The molecule has 1 aliphatic heterocycles. The van der Waals surface area contributed by atoms with Gasteiger partial charge in [-0.1, -0.05) is 0 Å². The van der Waals surface area contributed by atoms with Gasteiger partial charge in [0, 0.05) is 31.4 Å². The summed E-state index contributed by atoms with van der Waals surface area (Å²) in [7, 11) is 1.43. The van der Waals surface area contributed by atoms with Gasteiger partial charge in [-0.15, -0.1) is 0 Å². The van der Waals surface area contributed by atoms with E-state index in [-0.39, 0.29) is 34.5 Å². The van der Waals surface area contributed by atoms with Gasteiger partial charge >= 0.3 is 5.97 Å². The van der Waals surface area contributed by atoms with E-state index >= 15 is 0 Å². The van der Waals surface area contributed by atoms with Crippen molar-refractivity contribution < 1.29 is 19.0 Å². The van der Waals surface area contributed by atoms with Gasteiger partial charge in [-0.2, -0.15) is 0 Å². The number of nitrogens with zero attached hydrogens (tertiary/aromatic N) is 2. The molecule has 138 valence electrons. The Hall–Kier alpha value is -2.61. The second-order valence-electron chi connectivity index (χ2n) is 6.95. The standard InChI is InChI=1S/C18H20FN3O4/c1-26-17-14-11(6-13(19)15(17)21-5-4-9(20)7-21)16(23)12(18(24)25)8-22(14)10-2-3-10/h6,8-10H,2-5,7,20H2,1H3,(H,24,25)/t9-/m1/s1. The largest absolute Gasteiger partial charge is 0.492 e. The number of fused-ring (bicyclic) bond motifs is 1. The lowest BCUT2D eigenvalue weighted by atomic mass is 10.1. The Labute approximate surface area is 148 Å². The van der Waals surface area contributed by atoms with Crippen LogP contribution in [-0.4, -0.2) is 41.9 Å². The predicted octanol–water partition coefficient (Wildman–Crippen LogP) is 1.72. The van der Waals surface area contributed by atoms with Gasteiger partial charge < -0.3 is 25.0 Å². The molecule has 1 aromatic carbocycles. The fraction of sp³-hybridized carbons (Fsp3) is 0.444. The van der Waals surface area contributed by atoms with E-state index in [1.54, 1.807) is 4.57 Å². The summed E-state index contributed by atoms with van der Waals surface area (Å²) in [6.07, 6.45) is 3.85. The average Bonchev–Trinajstić information content (AvgIpc) is 3.35. The highest BCUT2D eigenvalue weighted by Gasteiger charge is 2.32. The molecule has 8 heteroatoms. The normalized spacial score (nSPS) is 20.0. The van der Waals surface area contributed by atoms with Gasteiger partial charge in [0.05, 0.1) is 18.0 Å². The van der Waals surface area contributed by atoms with Crippen LogP contribution in [0, 0.1) is 5.82 Å². The molecule has 2 heterocycles. The fourth-order valence-electron chi connectivity index (χ4n) is 3.71. The molecule has 0 bridgehead atoms. The Morgan fingerprint density at radius 2 is 2.12 bits per heavy atom. The number of carbonyl (C=O) groups is 1. The molecule has 1 atom stereocenters. The quantitative estimate of drug-likeness (QED) is 0.861.